The largest absolute Gasteiger partial charge is 0.308 e. The summed E-state index contributed by atoms with van der Waals surface area (Å²) in [6, 6.07) is 7.88. The van der Waals surface area contributed by atoms with Crippen molar-refractivity contribution in [2.45, 2.75) is 6.42 Å². The van der Waals surface area contributed by atoms with Crippen molar-refractivity contribution >= 4 is 17.3 Å². The standard InChI is InChI=1S/C9H11ClN2/c10-8-2-4-9(5-3-8)12-7-1-6-11-12/h2-5,11H,1,6-7H2. The zero-order valence-electron chi connectivity index (χ0n) is 6.76. The maximum Gasteiger partial charge on any atom is 0.0520 e. The van der Waals surface area contributed by atoms with Crippen LogP contribution in [0.25, 0.3) is 0 Å². The summed E-state index contributed by atoms with van der Waals surface area (Å²) >= 11 is 5.78. The van der Waals surface area contributed by atoms with Crippen LogP contribution < -0.4 is 10.4 Å². The molecule has 0 aromatic heterocycles. The molecule has 1 N–H and O–H groups in total. The summed E-state index contributed by atoms with van der Waals surface area (Å²) in [7, 11) is 0. The molecule has 2 nitrogen and oxygen atoms in total. The third-order valence-electron chi connectivity index (χ3n) is 2.00. The van der Waals surface area contributed by atoms with E-state index in [1.807, 2.05) is 24.3 Å². The summed E-state index contributed by atoms with van der Waals surface area (Å²) in [5.74, 6) is 0. The summed E-state index contributed by atoms with van der Waals surface area (Å²) in [4.78, 5) is 0. The minimum Gasteiger partial charge on any atom is -0.308 e. The molecule has 12 heavy (non-hydrogen) atoms. The first-order valence-corrected chi connectivity index (χ1v) is 4.51. The normalized spacial score (nSPS) is 16.9. The number of hydrogen-bond acceptors (Lipinski definition) is 2. The number of benzene rings is 1. The Labute approximate surface area is 77.1 Å². The molecule has 0 spiro atoms. The Kier molecular flexibility index (Phi) is 2.19. The number of anilines is 1. The van der Waals surface area contributed by atoms with Gasteiger partial charge in [0, 0.05) is 18.1 Å². The number of nitrogens with one attached hydrogen (secondary N) is 1. The van der Waals surface area contributed by atoms with Crippen molar-refractivity contribution in [3.63, 3.8) is 0 Å². The molecule has 3 heteroatoms. The predicted octanol–water partition coefficient (Wildman–Crippen LogP) is 2.05. The summed E-state index contributed by atoms with van der Waals surface area (Å²) in [6.07, 6.45) is 1.21. The van der Waals surface area contributed by atoms with Gasteiger partial charge in [-0.05, 0) is 30.7 Å². The third kappa shape index (κ3) is 1.54. The molecule has 0 unspecified atom stereocenters. The highest BCUT2D eigenvalue weighted by atomic mass is 35.5. The van der Waals surface area contributed by atoms with Crippen LogP contribution in [0.15, 0.2) is 24.3 Å². The Morgan fingerprint density at radius 3 is 2.58 bits per heavy atom. The smallest absolute Gasteiger partial charge is 0.0520 e. The van der Waals surface area contributed by atoms with E-state index in [0.717, 1.165) is 18.1 Å². The molecule has 0 atom stereocenters. The second-order valence-corrected chi connectivity index (χ2v) is 3.33. The zero-order valence-corrected chi connectivity index (χ0v) is 7.51. The first-order chi connectivity index (χ1) is 5.86. The van der Waals surface area contributed by atoms with E-state index in [0.29, 0.717) is 0 Å². The molecule has 1 aromatic rings. The average molecular weight is 183 g/mol. The van der Waals surface area contributed by atoms with Crippen molar-refractivity contribution in [3.8, 4) is 0 Å². The second kappa shape index (κ2) is 3.33. The first kappa shape index (κ1) is 7.90. The molecule has 0 saturated carbocycles. The van der Waals surface area contributed by atoms with Crippen LogP contribution in [0, 0.1) is 0 Å². The quantitative estimate of drug-likeness (QED) is 0.715. The molecule has 1 aromatic carbocycles. The minimum absolute atomic E-state index is 0.790. The van der Waals surface area contributed by atoms with Gasteiger partial charge in [-0.25, -0.2) is 5.43 Å². The van der Waals surface area contributed by atoms with Gasteiger partial charge in [-0.1, -0.05) is 11.6 Å². The van der Waals surface area contributed by atoms with Gasteiger partial charge in [-0.2, -0.15) is 0 Å². The van der Waals surface area contributed by atoms with Gasteiger partial charge in [0.1, 0.15) is 0 Å². The molecule has 1 fully saturated rings. The van der Waals surface area contributed by atoms with E-state index in [2.05, 4.69) is 10.4 Å². The van der Waals surface area contributed by atoms with Crippen LogP contribution in [0.2, 0.25) is 5.02 Å². The average Bonchev–Trinajstić information content (AvgIpc) is 2.58. The van der Waals surface area contributed by atoms with Crippen LogP contribution in [-0.4, -0.2) is 13.1 Å². The molecule has 64 valence electrons. The van der Waals surface area contributed by atoms with Crippen LogP contribution in [0.1, 0.15) is 6.42 Å². The van der Waals surface area contributed by atoms with Gasteiger partial charge in [-0.3, -0.25) is 0 Å². The number of halogens is 1. The number of nitrogens with zero attached hydrogens (tertiary/aromatic N) is 1. The summed E-state index contributed by atoms with van der Waals surface area (Å²) in [5.41, 5.74) is 4.47. The number of rotatable bonds is 1. The third-order valence-corrected chi connectivity index (χ3v) is 2.25. The number of hydrazine groups is 1. The van der Waals surface area contributed by atoms with E-state index in [9.17, 15) is 0 Å². The highest BCUT2D eigenvalue weighted by molar-refractivity contribution is 6.30. The highest BCUT2D eigenvalue weighted by Crippen LogP contribution is 2.18. The SMILES string of the molecule is Clc1ccc(N2CCCN2)cc1. The summed E-state index contributed by atoms with van der Waals surface area (Å²) in [5, 5.41) is 2.94. The zero-order chi connectivity index (χ0) is 8.39. The van der Waals surface area contributed by atoms with Gasteiger partial charge in [0.05, 0.1) is 5.69 Å². The van der Waals surface area contributed by atoms with Gasteiger partial charge in [0.2, 0.25) is 0 Å². The molecule has 0 radical (unpaired) electrons. The topological polar surface area (TPSA) is 15.3 Å². The fourth-order valence-corrected chi connectivity index (χ4v) is 1.50. The molecular weight excluding hydrogens is 172 g/mol. The molecule has 0 aliphatic carbocycles. The van der Waals surface area contributed by atoms with Crippen molar-refractivity contribution in [2.75, 3.05) is 18.1 Å². The lowest BCUT2D eigenvalue weighted by Crippen LogP contribution is -2.30. The van der Waals surface area contributed by atoms with Crippen molar-refractivity contribution in [1.82, 2.24) is 5.43 Å². The lowest BCUT2D eigenvalue weighted by atomic mass is 10.3. The fraction of sp³-hybridized carbons (Fsp3) is 0.333. The van der Waals surface area contributed by atoms with Gasteiger partial charge >= 0.3 is 0 Å². The maximum atomic E-state index is 5.78. The molecule has 1 heterocycles. The van der Waals surface area contributed by atoms with E-state index < -0.39 is 0 Å². The Balaban J connectivity index is 2.17. The van der Waals surface area contributed by atoms with Crippen LogP contribution in [0.4, 0.5) is 5.69 Å². The van der Waals surface area contributed by atoms with E-state index in [1.165, 1.54) is 12.1 Å². The maximum absolute atomic E-state index is 5.78. The number of hydrogen-bond donors (Lipinski definition) is 1. The Morgan fingerprint density at radius 1 is 1.25 bits per heavy atom. The molecule has 0 bridgehead atoms. The molecule has 0 amide bonds. The van der Waals surface area contributed by atoms with Crippen molar-refractivity contribution in [2.24, 2.45) is 0 Å². The highest BCUT2D eigenvalue weighted by Gasteiger charge is 2.10. The van der Waals surface area contributed by atoms with E-state index in [4.69, 9.17) is 11.6 Å². The van der Waals surface area contributed by atoms with Crippen LogP contribution in [0.5, 0.6) is 0 Å². The fourth-order valence-electron chi connectivity index (χ4n) is 1.37. The van der Waals surface area contributed by atoms with Gasteiger partial charge in [0.15, 0.2) is 0 Å². The monoisotopic (exact) mass is 182 g/mol. The second-order valence-electron chi connectivity index (χ2n) is 2.89. The Morgan fingerprint density at radius 2 is 2.00 bits per heavy atom. The summed E-state index contributed by atoms with van der Waals surface area (Å²) < 4.78 is 0. The molecule has 2 rings (SSSR count). The predicted molar refractivity (Wildman–Crippen MR) is 51.4 cm³/mol. The van der Waals surface area contributed by atoms with Crippen LogP contribution in [0.3, 0.4) is 0 Å². The summed E-state index contributed by atoms with van der Waals surface area (Å²) in [6.45, 7) is 2.16. The van der Waals surface area contributed by atoms with Crippen LogP contribution in [-0.2, 0) is 0 Å². The minimum atomic E-state index is 0.790. The molecule has 1 aliphatic heterocycles. The molecular formula is C9H11ClN2. The lowest BCUT2D eigenvalue weighted by molar-refractivity contribution is 0.787. The lowest BCUT2D eigenvalue weighted by Gasteiger charge is -2.17. The Bertz CT molecular complexity index is 252. The first-order valence-electron chi connectivity index (χ1n) is 4.13. The van der Waals surface area contributed by atoms with Crippen molar-refractivity contribution < 1.29 is 0 Å². The van der Waals surface area contributed by atoms with Gasteiger partial charge < -0.3 is 5.01 Å². The molecule has 1 aliphatic rings. The molecule has 1 saturated heterocycles. The van der Waals surface area contributed by atoms with Crippen molar-refractivity contribution in [3.05, 3.63) is 29.3 Å². The van der Waals surface area contributed by atoms with E-state index in [-0.39, 0.29) is 0 Å². The van der Waals surface area contributed by atoms with E-state index >= 15 is 0 Å². The van der Waals surface area contributed by atoms with Crippen molar-refractivity contribution in [1.29, 1.82) is 0 Å². The van der Waals surface area contributed by atoms with Gasteiger partial charge in [-0.15, -0.1) is 0 Å². The van der Waals surface area contributed by atoms with Crippen LogP contribution >= 0.6 is 11.6 Å². The van der Waals surface area contributed by atoms with Gasteiger partial charge in [0.25, 0.3) is 0 Å². The van der Waals surface area contributed by atoms with E-state index in [1.54, 1.807) is 0 Å². The Hall–Kier alpha value is -0.730.